The molecule has 7 nitrogen and oxygen atoms in total. The van der Waals surface area contributed by atoms with Gasteiger partial charge >= 0.3 is 5.97 Å². The van der Waals surface area contributed by atoms with Crippen LogP contribution in [0.3, 0.4) is 0 Å². The molecule has 0 amide bonds. The smallest absolute Gasteiger partial charge is 0.341 e. The average Bonchev–Trinajstić information content (AvgIpc) is 2.59. The van der Waals surface area contributed by atoms with Crippen molar-refractivity contribution in [3.63, 3.8) is 0 Å². The summed E-state index contributed by atoms with van der Waals surface area (Å²) in [4.78, 5) is 25.8. The molecule has 1 saturated heterocycles. The Morgan fingerprint density at radius 2 is 2.23 bits per heavy atom. The van der Waals surface area contributed by atoms with Gasteiger partial charge in [0.05, 0.1) is 11.1 Å². The molecule has 2 aromatic rings. The van der Waals surface area contributed by atoms with Gasteiger partial charge in [0.2, 0.25) is 5.43 Å². The molecule has 26 heavy (non-hydrogen) atoms. The van der Waals surface area contributed by atoms with Crippen LogP contribution in [0.15, 0.2) is 23.3 Å². The molecule has 3 heterocycles. The van der Waals surface area contributed by atoms with E-state index in [9.17, 15) is 19.1 Å². The average molecular weight is 359 g/mol. The van der Waals surface area contributed by atoms with E-state index in [2.05, 4.69) is 5.32 Å². The number of allylic oxidation sites excluding steroid dienone is 1. The second-order valence-electron chi connectivity index (χ2n) is 6.66. The summed E-state index contributed by atoms with van der Waals surface area (Å²) in [5.74, 6) is -1.70. The molecular formula is C18H18FN3O4. The molecule has 0 bridgehead atoms. The lowest BCUT2D eigenvalue weighted by atomic mass is 10.1. The fourth-order valence-electron chi connectivity index (χ4n) is 3.59. The number of nitrogens with one attached hydrogen (secondary N) is 1. The van der Waals surface area contributed by atoms with Crippen LogP contribution < -0.4 is 20.4 Å². The number of hydrogen-bond donors (Lipinski definition) is 2. The molecule has 1 aromatic heterocycles. The van der Waals surface area contributed by atoms with Crippen LogP contribution in [0, 0.1) is 5.82 Å². The highest BCUT2D eigenvalue weighted by atomic mass is 19.1. The molecule has 0 saturated carbocycles. The van der Waals surface area contributed by atoms with Crippen molar-refractivity contribution < 1.29 is 19.0 Å². The van der Waals surface area contributed by atoms with Gasteiger partial charge in [0, 0.05) is 31.9 Å². The van der Waals surface area contributed by atoms with Gasteiger partial charge in [-0.15, -0.1) is 0 Å². The van der Waals surface area contributed by atoms with Gasteiger partial charge in [-0.2, -0.15) is 0 Å². The molecule has 1 aromatic carbocycles. The number of carboxylic acid groups (broad SMARTS) is 1. The molecule has 1 atom stereocenters. The number of carbonyl (C=O) groups is 1. The molecule has 8 heteroatoms. The number of ether oxygens (including phenoxy) is 1. The maximum Gasteiger partial charge on any atom is 0.341 e. The number of hydrogen-bond acceptors (Lipinski definition) is 5. The minimum absolute atomic E-state index is 0.00298. The van der Waals surface area contributed by atoms with Gasteiger partial charge in [-0.05, 0) is 19.9 Å². The van der Waals surface area contributed by atoms with E-state index in [1.54, 1.807) is 11.5 Å². The van der Waals surface area contributed by atoms with Crippen molar-refractivity contribution >= 4 is 28.3 Å². The van der Waals surface area contributed by atoms with Crippen molar-refractivity contribution in [1.82, 2.24) is 9.88 Å². The Balaban J connectivity index is 2.05. The fourth-order valence-corrected chi connectivity index (χ4v) is 3.59. The summed E-state index contributed by atoms with van der Waals surface area (Å²) in [5.41, 5.74) is 0.174. The second kappa shape index (κ2) is 5.84. The summed E-state index contributed by atoms with van der Waals surface area (Å²) in [7, 11) is 0. The van der Waals surface area contributed by atoms with Crippen LogP contribution in [0.2, 0.25) is 0 Å². The van der Waals surface area contributed by atoms with Gasteiger partial charge in [0.15, 0.2) is 11.6 Å². The monoisotopic (exact) mass is 359 g/mol. The lowest BCUT2D eigenvalue weighted by Gasteiger charge is -2.35. The predicted molar refractivity (Wildman–Crippen MR) is 95.4 cm³/mol. The van der Waals surface area contributed by atoms with E-state index in [4.69, 9.17) is 4.74 Å². The first-order chi connectivity index (χ1) is 12.4. The van der Waals surface area contributed by atoms with Gasteiger partial charge in [0.25, 0.3) is 0 Å². The van der Waals surface area contributed by atoms with E-state index in [1.807, 2.05) is 11.8 Å². The van der Waals surface area contributed by atoms with Gasteiger partial charge in [-0.25, -0.2) is 9.18 Å². The van der Waals surface area contributed by atoms with E-state index in [-0.39, 0.29) is 17.2 Å². The minimum Gasteiger partial charge on any atom is -0.477 e. The number of anilines is 1. The first-order valence-corrected chi connectivity index (χ1v) is 8.35. The number of halogens is 1. The number of benzene rings is 1. The van der Waals surface area contributed by atoms with Crippen LogP contribution in [0.25, 0.3) is 16.6 Å². The van der Waals surface area contributed by atoms with Crippen molar-refractivity contribution in [2.75, 3.05) is 24.5 Å². The maximum atomic E-state index is 15.0. The number of rotatable bonds is 2. The van der Waals surface area contributed by atoms with Gasteiger partial charge in [0.1, 0.15) is 23.0 Å². The van der Waals surface area contributed by atoms with E-state index in [1.165, 1.54) is 12.5 Å². The van der Waals surface area contributed by atoms with Gasteiger partial charge in [-0.3, -0.25) is 4.79 Å². The Hall–Kier alpha value is -2.87. The molecule has 136 valence electrons. The Morgan fingerprint density at radius 3 is 2.92 bits per heavy atom. The number of piperazine rings is 1. The summed E-state index contributed by atoms with van der Waals surface area (Å²) in [6.45, 7) is 5.64. The maximum absolute atomic E-state index is 15.0. The van der Waals surface area contributed by atoms with Crippen molar-refractivity contribution in [2.24, 2.45) is 0 Å². The molecule has 2 aliphatic heterocycles. The fraction of sp³-hybridized carbons (Fsp3) is 0.333. The lowest BCUT2D eigenvalue weighted by molar-refractivity contribution is 0.0695. The molecule has 0 radical (unpaired) electrons. The summed E-state index contributed by atoms with van der Waals surface area (Å²) < 4.78 is 22.3. The zero-order chi connectivity index (χ0) is 18.6. The number of carboxylic acids is 1. The third kappa shape index (κ3) is 2.37. The molecular weight excluding hydrogens is 341 g/mol. The largest absolute Gasteiger partial charge is 0.477 e. The van der Waals surface area contributed by atoms with Gasteiger partial charge in [-0.1, -0.05) is 0 Å². The molecule has 4 rings (SSSR count). The molecule has 1 fully saturated rings. The topological polar surface area (TPSA) is 83.8 Å². The summed E-state index contributed by atoms with van der Waals surface area (Å²) >= 11 is 0. The number of aromatic nitrogens is 1. The van der Waals surface area contributed by atoms with Crippen molar-refractivity contribution in [3.8, 4) is 5.75 Å². The molecule has 2 aliphatic rings. The van der Waals surface area contributed by atoms with E-state index < -0.39 is 22.8 Å². The van der Waals surface area contributed by atoms with Crippen LogP contribution in [-0.2, 0) is 0 Å². The van der Waals surface area contributed by atoms with Crippen LogP contribution in [0.4, 0.5) is 10.1 Å². The minimum atomic E-state index is -1.35. The normalized spacial score (nSPS) is 19.3. The Bertz CT molecular complexity index is 1030. The van der Waals surface area contributed by atoms with Crippen LogP contribution in [0.5, 0.6) is 5.75 Å². The number of nitrogens with zero attached hydrogens (tertiary/aromatic N) is 2. The van der Waals surface area contributed by atoms with Crippen molar-refractivity contribution in [2.45, 2.75) is 19.9 Å². The summed E-state index contributed by atoms with van der Waals surface area (Å²) in [6.07, 6.45) is 2.71. The summed E-state index contributed by atoms with van der Waals surface area (Å²) in [5, 5.41) is 12.6. The highest BCUT2D eigenvalue weighted by molar-refractivity contribution is 5.99. The third-order valence-electron chi connectivity index (χ3n) is 4.81. The lowest BCUT2D eigenvalue weighted by Crippen LogP contribution is -2.49. The first-order valence-electron chi connectivity index (χ1n) is 8.35. The SMILES string of the molecule is CC1=COc2c(N3CCNC(C)C3)c(F)cc3c(=O)c(C(=O)O)cn1c23. The van der Waals surface area contributed by atoms with E-state index in [0.29, 0.717) is 36.5 Å². The zero-order valence-corrected chi connectivity index (χ0v) is 14.4. The van der Waals surface area contributed by atoms with E-state index >= 15 is 0 Å². The Morgan fingerprint density at radius 1 is 1.46 bits per heavy atom. The standard InChI is InChI=1S/C18H18FN3O4/c1-9-6-21(4-3-20-9)15-13(19)5-11-14-17(15)26-8-10(2)22(14)7-12(16(11)23)18(24)25/h5,7-9,20H,3-4,6H2,1-2H3,(H,24,25). The van der Waals surface area contributed by atoms with Gasteiger partial charge < -0.3 is 24.6 Å². The second-order valence-corrected chi connectivity index (χ2v) is 6.66. The molecule has 0 aliphatic carbocycles. The summed E-state index contributed by atoms with van der Waals surface area (Å²) in [6, 6.07) is 1.30. The highest BCUT2D eigenvalue weighted by Gasteiger charge is 2.29. The van der Waals surface area contributed by atoms with Crippen LogP contribution >= 0.6 is 0 Å². The Labute approximate surface area is 148 Å². The van der Waals surface area contributed by atoms with E-state index in [0.717, 1.165) is 6.07 Å². The third-order valence-corrected chi connectivity index (χ3v) is 4.81. The molecule has 1 unspecified atom stereocenters. The first kappa shape index (κ1) is 16.6. The van der Waals surface area contributed by atoms with Crippen LogP contribution in [-0.4, -0.2) is 41.3 Å². The molecule has 2 N–H and O–H groups in total. The molecule has 0 spiro atoms. The zero-order valence-electron chi connectivity index (χ0n) is 14.4. The predicted octanol–water partition coefficient (Wildman–Crippen LogP) is 1.85. The Kier molecular flexibility index (Phi) is 3.73. The van der Waals surface area contributed by atoms with Crippen molar-refractivity contribution in [3.05, 3.63) is 40.1 Å². The van der Waals surface area contributed by atoms with Crippen LogP contribution in [0.1, 0.15) is 24.2 Å². The number of aromatic carboxylic acids is 1. The quantitative estimate of drug-likeness (QED) is 0.851. The highest BCUT2D eigenvalue weighted by Crippen LogP contribution is 2.41. The van der Waals surface area contributed by atoms with Crippen molar-refractivity contribution in [1.29, 1.82) is 0 Å². The number of pyridine rings is 1.